The predicted octanol–water partition coefficient (Wildman–Crippen LogP) is 5.42. The summed E-state index contributed by atoms with van der Waals surface area (Å²) in [7, 11) is 0. The molecule has 4 aromatic rings. The first-order chi connectivity index (χ1) is 17.0. The second-order valence-corrected chi connectivity index (χ2v) is 9.38. The molecule has 35 heavy (non-hydrogen) atoms. The fourth-order valence-electron chi connectivity index (χ4n) is 4.55. The van der Waals surface area contributed by atoms with Gasteiger partial charge in [-0.1, -0.05) is 12.1 Å². The molecular formula is C27H32N6O2. The molecule has 1 aliphatic rings. The fourth-order valence-corrected chi connectivity index (χ4v) is 4.55. The van der Waals surface area contributed by atoms with Gasteiger partial charge in [0.2, 0.25) is 0 Å². The Morgan fingerprint density at radius 1 is 1.20 bits per heavy atom. The number of ether oxygens (including phenoxy) is 1. The molecule has 2 heterocycles. The molecule has 1 aliphatic carbocycles. The number of fused-ring (bicyclic) bond motifs is 1. The standard InChI is InChI=1S/C27H32N6O2/c1-18(2)30-27(34)31-20-8-6-19(7-9-20)26-25(28)23-11-10-22(35-15-14-32-13-12-29-17-32)16-24(23)33(26)21-4-3-5-21/h6-13,16-18,21H,3-5,14-15,28H2,1-2H3,(H2,30,31,34). The van der Waals surface area contributed by atoms with Crippen LogP contribution in [0.2, 0.25) is 0 Å². The van der Waals surface area contributed by atoms with E-state index in [-0.39, 0.29) is 12.1 Å². The number of rotatable bonds is 8. The molecule has 0 radical (unpaired) electrons. The van der Waals surface area contributed by atoms with E-state index in [2.05, 4.69) is 32.3 Å². The number of nitrogens with one attached hydrogen (secondary N) is 2. The zero-order chi connectivity index (χ0) is 24.4. The zero-order valence-electron chi connectivity index (χ0n) is 20.2. The number of benzene rings is 2. The number of hydrogen-bond acceptors (Lipinski definition) is 4. The van der Waals surface area contributed by atoms with Crippen LogP contribution in [0.5, 0.6) is 5.75 Å². The summed E-state index contributed by atoms with van der Waals surface area (Å²) in [4.78, 5) is 16.1. The van der Waals surface area contributed by atoms with Crippen molar-refractivity contribution in [3.05, 3.63) is 61.2 Å². The highest BCUT2D eigenvalue weighted by atomic mass is 16.5. The molecule has 0 atom stereocenters. The highest BCUT2D eigenvalue weighted by Crippen LogP contribution is 2.44. The van der Waals surface area contributed by atoms with Crippen LogP contribution in [0.15, 0.2) is 61.2 Å². The Bertz CT molecular complexity index is 1300. The lowest BCUT2D eigenvalue weighted by Gasteiger charge is -2.30. The van der Waals surface area contributed by atoms with Gasteiger partial charge in [-0.15, -0.1) is 0 Å². The van der Waals surface area contributed by atoms with Crippen LogP contribution in [0.3, 0.4) is 0 Å². The molecule has 0 unspecified atom stereocenters. The lowest BCUT2D eigenvalue weighted by atomic mass is 9.92. The Hall–Kier alpha value is -3.94. The van der Waals surface area contributed by atoms with E-state index in [0.717, 1.165) is 58.7 Å². The Labute approximate surface area is 205 Å². The number of amides is 2. The van der Waals surface area contributed by atoms with Gasteiger partial charge in [0, 0.05) is 47.2 Å². The predicted molar refractivity (Wildman–Crippen MR) is 140 cm³/mol. The van der Waals surface area contributed by atoms with Gasteiger partial charge in [0.05, 0.1) is 29.8 Å². The van der Waals surface area contributed by atoms with E-state index >= 15 is 0 Å². The largest absolute Gasteiger partial charge is 0.492 e. The van der Waals surface area contributed by atoms with E-state index in [1.807, 2.05) is 54.9 Å². The molecule has 182 valence electrons. The van der Waals surface area contributed by atoms with Gasteiger partial charge in [0.15, 0.2) is 0 Å². The minimum Gasteiger partial charge on any atom is -0.492 e. The summed E-state index contributed by atoms with van der Waals surface area (Å²) in [5, 5.41) is 6.76. The van der Waals surface area contributed by atoms with E-state index in [1.165, 1.54) is 6.42 Å². The highest BCUT2D eigenvalue weighted by Gasteiger charge is 2.27. The minimum absolute atomic E-state index is 0.0760. The first-order valence-corrected chi connectivity index (χ1v) is 12.2. The van der Waals surface area contributed by atoms with Crippen LogP contribution in [-0.2, 0) is 6.54 Å². The highest BCUT2D eigenvalue weighted by molar-refractivity contribution is 6.02. The monoisotopic (exact) mass is 472 g/mol. The van der Waals surface area contributed by atoms with Crippen LogP contribution >= 0.6 is 0 Å². The summed E-state index contributed by atoms with van der Waals surface area (Å²) in [6.45, 7) is 5.17. The molecule has 0 spiro atoms. The maximum atomic E-state index is 12.1. The number of urea groups is 1. The molecule has 1 fully saturated rings. The normalized spacial score (nSPS) is 13.7. The third-order valence-corrected chi connectivity index (χ3v) is 6.47. The van der Waals surface area contributed by atoms with Crippen molar-refractivity contribution in [1.82, 2.24) is 19.4 Å². The molecule has 0 aliphatic heterocycles. The second kappa shape index (κ2) is 9.74. The van der Waals surface area contributed by atoms with Crippen LogP contribution in [0, 0.1) is 0 Å². The Morgan fingerprint density at radius 3 is 2.66 bits per heavy atom. The van der Waals surface area contributed by atoms with Crippen LogP contribution in [0.25, 0.3) is 22.2 Å². The minimum atomic E-state index is -0.212. The van der Waals surface area contributed by atoms with Gasteiger partial charge >= 0.3 is 6.03 Å². The van der Waals surface area contributed by atoms with Crippen molar-refractivity contribution in [2.75, 3.05) is 17.7 Å². The fraction of sp³-hybridized carbons (Fsp3) is 0.333. The van der Waals surface area contributed by atoms with Gasteiger partial charge in [-0.25, -0.2) is 9.78 Å². The van der Waals surface area contributed by atoms with Crippen molar-refractivity contribution in [3.63, 3.8) is 0 Å². The third kappa shape index (κ3) is 4.82. The average molecular weight is 473 g/mol. The summed E-state index contributed by atoms with van der Waals surface area (Å²) < 4.78 is 10.4. The SMILES string of the molecule is CC(C)NC(=O)Nc1ccc(-c2c(N)c3ccc(OCCn4ccnc4)cc3n2C2CCC2)cc1. The zero-order valence-corrected chi connectivity index (χ0v) is 20.2. The van der Waals surface area contributed by atoms with Gasteiger partial charge in [0.25, 0.3) is 0 Å². The summed E-state index contributed by atoms with van der Waals surface area (Å²) in [5.74, 6) is 0.831. The van der Waals surface area contributed by atoms with Gasteiger partial charge in [-0.3, -0.25) is 0 Å². The molecule has 0 bridgehead atoms. The number of anilines is 2. The van der Waals surface area contributed by atoms with Gasteiger partial charge in [-0.2, -0.15) is 0 Å². The van der Waals surface area contributed by atoms with E-state index < -0.39 is 0 Å². The van der Waals surface area contributed by atoms with Crippen LogP contribution < -0.4 is 21.1 Å². The number of nitrogens with two attached hydrogens (primary N) is 1. The smallest absolute Gasteiger partial charge is 0.319 e. The summed E-state index contributed by atoms with van der Waals surface area (Å²) >= 11 is 0. The molecule has 5 rings (SSSR count). The molecule has 2 aromatic carbocycles. The summed E-state index contributed by atoms with van der Waals surface area (Å²) in [5.41, 5.74) is 11.4. The van der Waals surface area contributed by atoms with Crippen molar-refractivity contribution in [1.29, 1.82) is 0 Å². The number of nitrogen functional groups attached to an aromatic ring is 1. The number of carbonyl (C=O) groups is 1. The molecule has 8 heteroatoms. The quantitative estimate of drug-likeness (QED) is 0.319. The molecular weight excluding hydrogens is 440 g/mol. The van der Waals surface area contributed by atoms with E-state index in [0.29, 0.717) is 12.6 Å². The first kappa shape index (κ1) is 22.8. The molecule has 4 N–H and O–H groups in total. The second-order valence-electron chi connectivity index (χ2n) is 9.38. The number of imidazole rings is 1. The average Bonchev–Trinajstić information content (AvgIpc) is 3.40. The lowest BCUT2D eigenvalue weighted by Crippen LogP contribution is -2.34. The van der Waals surface area contributed by atoms with E-state index in [4.69, 9.17) is 10.5 Å². The Balaban J connectivity index is 1.43. The number of carbonyl (C=O) groups excluding carboxylic acids is 1. The maximum absolute atomic E-state index is 12.1. The molecule has 0 saturated heterocycles. The topological polar surface area (TPSA) is 99.1 Å². The Morgan fingerprint density at radius 2 is 2.00 bits per heavy atom. The maximum Gasteiger partial charge on any atom is 0.319 e. The van der Waals surface area contributed by atoms with Crippen molar-refractivity contribution in [2.24, 2.45) is 0 Å². The van der Waals surface area contributed by atoms with Gasteiger partial charge < -0.3 is 30.2 Å². The van der Waals surface area contributed by atoms with Crippen LogP contribution in [0.4, 0.5) is 16.2 Å². The number of nitrogens with zero attached hydrogens (tertiary/aromatic N) is 3. The molecule has 2 amide bonds. The van der Waals surface area contributed by atoms with Crippen molar-refractivity contribution in [3.8, 4) is 17.0 Å². The van der Waals surface area contributed by atoms with Crippen molar-refractivity contribution < 1.29 is 9.53 Å². The van der Waals surface area contributed by atoms with E-state index in [1.54, 1.807) is 12.5 Å². The number of hydrogen-bond donors (Lipinski definition) is 3. The molecule has 1 saturated carbocycles. The van der Waals surface area contributed by atoms with Gasteiger partial charge in [-0.05, 0) is 57.4 Å². The van der Waals surface area contributed by atoms with Crippen molar-refractivity contribution in [2.45, 2.75) is 51.7 Å². The van der Waals surface area contributed by atoms with Crippen molar-refractivity contribution >= 4 is 28.3 Å². The summed E-state index contributed by atoms with van der Waals surface area (Å²) in [6, 6.07) is 14.3. The lowest BCUT2D eigenvalue weighted by molar-refractivity contribution is 0.250. The van der Waals surface area contributed by atoms with Crippen LogP contribution in [0.1, 0.15) is 39.2 Å². The number of aromatic nitrogens is 3. The molecule has 8 nitrogen and oxygen atoms in total. The first-order valence-electron chi connectivity index (χ1n) is 12.2. The van der Waals surface area contributed by atoms with Crippen LogP contribution in [-0.4, -0.2) is 32.8 Å². The van der Waals surface area contributed by atoms with Gasteiger partial charge in [0.1, 0.15) is 12.4 Å². The summed E-state index contributed by atoms with van der Waals surface area (Å²) in [6.07, 6.45) is 8.98. The Kier molecular flexibility index (Phi) is 6.35. The van der Waals surface area contributed by atoms with E-state index in [9.17, 15) is 4.79 Å². The third-order valence-electron chi connectivity index (χ3n) is 6.47. The molecule has 2 aromatic heterocycles.